The van der Waals surface area contributed by atoms with E-state index in [1.165, 1.54) is 0 Å². The number of likely N-dealkylation sites (N-methyl/N-ethyl adjacent to an activating group) is 1. The Morgan fingerprint density at radius 2 is 1.92 bits per heavy atom. The van der Waals surface area contributed by atoms with E-state index in [1.54, 1.807) is 0 Å². The van der Waals surface area contributed by atoms with Crippen molar-refractivity contribution in [2.45, 2.75) is 12.8 Å². The zero-order valence-electron chi connectivity index (χ0n) is 8.51. The zero-order valence-corrected chi connectivity index (χ0v) is 8.51. The number of rotatable bonds is 10. The topological polar surface area (TPSA) is 53.5 Å². The predicted octanol–water partition coefficient (Wildman–Crippen LogP) is -0.415. The first-order valence-corrected chi connectivity index (χ1v) is 4.95. The van der Waals surface area contributed by atoms with Gasteiger partial charge in [-0.15, -0.1) is 0 Å². The second-order valence-corrected chi connectivity index (χ2v) is 2.90. The molecule has 0 aromatic rings. The minimum absolute atomic E-state index is 0.268. The highest BCUT2D eigenvalue weighted by Crippen LogP contribution is 1.87. The fourth-order valence-corrected chi connectivity index (χ4v) is 0.901. The lowest BCUT2D eigenvalue weighted by atomic mass is 10.3. The molecule has 0 amide bonds. The molecule has 0 aromatic carbocycles. The van der Waals surface area contributed by atoms with Gasteiger partial charge in [0.15, 0.2) is 0 Å². The number of aliphatic hydroxyl groups is 1. The third-order valence-corrected chi connectivity index (χ3v) is 1.67. The average Bonchev–Trinajstić information content (AvgIpc) is 2.16. The maximum Gasteiger partial charge on any atom is 0.0590 e. The second kappa shape index (κ2) is 11.8. The van der Waals surface area contributed by atoms with Crippen LogP contribution in [0.4, 0.5) is 0 Å². The van der Waals surface area contributed by atoms with Gasteiger partial charge < -0.3 is 20.5 Å². The summed E-state index contributed by atoms with van der Waals surface area (Å²) in [6, 6.07) is 0. The monoisotopic (exact) mass is 190 g/mol. The van der Waals surface area contributed by atoms with Gasteiger partial charge in [-0.3, -0.25) is 0 Å². The number of ether oxygens (including phenoxy) is 1. The molecule has 0 aliphatic carbocycles. The van der Waals surface area contributed by atoms with Crippen LogP contribution in [0.3, 0.4) is 0 Å². The van der Waals surface area contributed by atoms with E-state index in [-0.39, 0.29) is 6.61 Å². The minimum atomic E-state index is 0.268. The molecule has 4 heteroatoms. The molecule has 0 heterocycles. The summed E-state index contributed by atoms with van der Waals surface area (Å²) in [6.45, 7) is 4.66. The minimum Gasteiger partial charge on any atom is -0.396 e. The van der Waals surface area contributed by atoms with E-state index in [0.717, 1.165) is 45.7 Å². The average molecular weight is 190 g/mol. The summed E-state index contributed by atoms with van der Waals surface area (Å²) in [6.07, 6.45) is 1.79. The Bertz CT molecular complexity index is 81.7. The second-order valence-electron chi connectivity index (χ2n) is 2.90. The van der Waals surface area contributed by atoms with Crippen LogP contribution in [0.1, 0.15) is 12.8 Å². The Labute approximate surface area is 80.7 Å². The van der Waals surface area contributed by atoms with Crippen LogP contribution in [-0.4, -0.2) is 51.6 Å². The van der Waals surface area contributed by atoms with Crippen LogP contribution in [0.5, 0.6) is 0 Å². The first-order valence-electron chi connectivity index (χ1n) is 4.95. The normalized spacial score (nSPS) is 10.6. The molecule has 0 rings (SSSR count). The van der Waals surface area contributed by atoms with Gasteiger partial charge in [-0.25, -0.2) is 0 Å². The van der Waals surface area contributed by atoms with Gasteiger partial charge in [0.25, 0.3) is 0 Å². The summed E-state index contributed by atoms with van der Waals surface area (Å²) < 4.78 is 5.32. The van der Waals surface area contributed by atoms with Crippen molar-refractivity contribution in [1.29, 1.82) is 0 Å². The smallest absolute Gasteiger partial charge is 0.0590 e. The first-order chi connectivity index (χ1) is 6.41. The summed E-state index contributed by atoms with van der Waals surface area (Å²) in [5, 5.41) is 14.8. The predicted molar refractivity (Wildman–Crippen MR) is 53.9 cm³/mol. The van der Waals surface area contributed by atoms with Crippen molar-refractivity contribution in [2.75, 3.05) is 46.5 Å². The van der Waals surface area contributed by atoms with E-state index >= 15 is 0 Å². The molecule has 0 unspecified atom stereocenters. The molecule has 4 nitrogen and oxygen atoms in total. The molecule has 3 N–H and O–H groups in total. The van der Waals surface area contributed by atoms with Gasteiger partial charge in [0, 0.05) is 32.8 Å². The maximum atomic E-state index is 8.49. The zero-order chi connectivity index (χ0) is 9.78. The van der Waals surface area contributed by atoms with E-state index in [0.29, 0.717) is 0 Å². The van der Waals surface area contributed by atoms with Gasteiger partial charge in [0.1, 0.15) is 0 Å². The molecule has 0 bridgehead atoms. The van der Waals surface area contributed by atoms with Crippen molar-refractivity contribution < 1.29 is 9.84 Å². The van der Waals surface area contributed by atoms with Crippen molar-refractivity contribution in [3.8, 4) is 0 Å². The molecule has 0 spiro atoms. The van der Waals surface area contributed by atoms with Gasteiger partial charge in [-0.1, -0.05) is 0 Å². The van der Waals surface area contributed by atoms with Gasteiger partial charge in [-0.2, -0.15) is 0 Å². The fraction of sp³-hybridized carbons (Fsp3) is 1.00. The van der Waals surface area contributed by atoms with Crippen LogP contribution < -0.4 is 10.6 Å². The van der Waals surface area contributed by atoms with Crippen molar-refractivity contribution in [3.05, 3.63) is 0 Å². The molecular formula is C9H22N2O2. The van der Waals surface area contributed by atoms with Crippen LogP contribution in [0, 0.1) is 0 Å². The quantitative estimate of drug-likeness (QED) is 0.410. The molecule has 0 aliphatic rings. The summed E-state index contributed by atoms with van der Waals surface area (Å²) in [5.74, 6) is 0. The third-order valence-electron chi connectivity index (χ3n) is 1.67. The van der Waals surface area contributed by atoms with E-state index in [9.17, 15) is 0 Å². The highest BCUT2D eigenvalue weighted by atomic mass is 16.5. The molecule has 0 saturated heterocycles. The summed E-state index contributed by atoms with van der Waals surface area (Å²) in [7, 11) is 1.94. The molecule has 0 aliphatic heterocycles. The van der Waals surface area contributed by atoms with Gasteiger partial charge >= 0.3 is 0 Å². The number of aliphatic hydroxyl groups excluding tert-OH is 1. The Kier molecular flexibility index (Phi) is 11.7. The number of hydrogen-bond donors (Lipinski definition) is 3. The largest absolute Gasteiger partial charge is 0.396 e. The van der Waals surface area contributed by atoms with Crippen molar-refractivity contribution in [3.63, 3.8) is 0 Å². The molecule has 0 atom stereocenters. The number of unbranched alkanes of at least 4 members (excludes halogenated alkanes) is 1. The van der Waals surface area contributed by atoms with Crippen LogP contribution in [0.15, 0.2) is 0 Å². The molecule has 0 saturated carbocycles. The third kappa shape index (κ3) is 11.8. The summed E-state index contributed by atoms with van der Waals surface area (Å²) in [5.41, 5.74) is 0. The Hall–Kier alpha value is -0.160. The summed E-state index contributed by atoms with van der Waals surface area (Å²) >= 11 is 0. The van der Waals surface area contributed by atoms with E-state index in [1.807, 2.05) is 7.05 Å². The molecule has 13 heavy (non-hydrogen) atoms. The van der Waals surface area contributed by atoms with Gasteiger partial charge in [-0.05, 0) is 19.9 Å². The lowest BCUT2D eigenvalue weighted by Gasteiger charge is -2.05. The molecule has 80 valence electrons. The Balaban J connectivity index is 2.76. The van der Waals surface area contributed by atoms with E-state index < -0.39 is 0 Å². The van der Waals surface area contributed by atoms with Crippen molar-refractivity contribution in [2.24, 2.45) is 0 Å². The van der Waals surface area contributed by atoms with Gasteiger partial charge in [0.2, 0.25) is 0 Å². The molecule has 0 radical (unpaired) electrons. The van der Waals surface area contributed by atoms with Gasteiger partial charge in [0.05, 0.1) is 6.61 Å². The standard InChI is InChI=1S/C9H22N2O2/c1-10-4-5-11-6-9-13-8-3-2-7-12/h10-12H,2-9H2,1H3. The highest BCUT2D eigenvalue weighted by Gasteiger charge is 1.89. The maximum absolute atomic E-state index is 8.49. The Morgan fingerprint density at radius 1 is 1.08 bits per heavy atom. The number of hydrogen-bond acceptors (Lipinski definition) is 4. The van der Waals surface area contributed by atoms with Crippen LogP contribution >= 0.6 is 0 Å². The molecular weight excluding hydrogens is 168 g/mol. The first kappa shape index (κ1) is 12.8. The van der Waals surface area contributed by atoms with Crippen molar-refractivity contribution >= 4 is 0 Å². The highest BCUT2D eigenvalue weighted by molar-refractivity contribution is 4.47. The van der Waals surface area contributed by atoms with Crippen LogP contribution in [-0.2, 0) is 4.74 Å². The van der Waals surface area contributed by atoms with Crippen LogP contribution in [0.25, 0.3) is 0 Å². The lowest BCUT2D eigenvalue weighted by molar-refractivity contribution is 0.127. The van der Waals surface area contributed by atoms with E-state index in [4.69, 9.17) is 9.84 Å². The summed E-state index contributed by atoms with van der Waals surface area (Å²) in [4.78, 5) is 0. The van der Waals surface area contributed by atoms with Crippen molar-refractivity contribution in [1.82, 2.24) is 10.6 Å². The fourth-order valence-electron chi connectivity index (χ4n) is 0.901. The number of nitrogens with one attached hydrogen (secondary N) is 2. The van der Waals surface area contributed by atoms with Crippen LogP contribution in [0.2, 0.25) is 0 Å². The Morgan fingerprint density at radius 3 is 2.62 bits per heavy atom. The van der Waals surface area contributed by atoms with E-state index in [2.05, 4.69) is 10.6 Å². The SMILES string of the molecule is CNCCNCCOCCCCO. The molecule has 0 aromatic heterocycles. The molecule has 0 fully saturated rings. The lowest BCUT2D eigenvalue weighted by Crippen LogP contribution is -2.27.